The van der Waals surface area contributed by atoms with Crippen molar-refractivity contribution in [3.8, 4) is 12.3 Å². The normalized spacial score (nSPS) is 51.1. The van der Waals surface area contributed by atoms with Gasteiger partial charge in [0.2, 0.25) is 0 Å². The summed E-state index contributed by atoms with van der Waals surface area (Å²) in [5, 5.41) is 42.6. The van der Waals surface area contributed by atoms with Gasteiger partial charge in [0.25, 0.3) is 0 Å². The van der Waals surface area contributed by atoms with Gasteiger partial charge in [-0.3, -0.25) is 4.79 Å². The molecule has 0 saturated heterocycles. The predicted molar refractivity (Wildman–Crippen MR) is 105 cm³/mol. The first-order valence-electron chi connectivity index (χ1n) is 10.7. The van der Waals surface area contributed by atoms with E-state index in [-0.39, 0.29) is 29.8 Å². The van der Waals surface area contributed by atoms with E-state index in [9.17, 15) is 25.2 Å². The minimum atomic E-state index is -1.72. The number of ether oxygens (including phenoxy) is 1. The summed E-state index contributed by atoms with van der Waals surface area (Å²) in [5.74, 6) is 2.35. The third kappa shape index (κ3) is 2.61. The number of fused-ring (bicyclic) bond motifs is 5. The molecule has 0 unspecified atom stereocenters. The van der Waals surface area contributed by atoms with E-state index in [1.54, 1.807) is 0 Å². The summed E-state index contributed by atoms with van der Waals surface area (Å²) in [5.41, 5.74) is -1.85. The standard InChI is InChI=1S/C23H32O6/c1-4-23(28)19(27)11-17-14-5-6-16-20(29-13(2)25)18(26)8-9-21(16,3)15(14)7-10-22(17,23)12-24/h1,6,14-15,17-20,24,26-28H,5,7-12H2,2-3H3/t14-,15+,17+,18-,19-,20-,21-,22-,23+/m1/s1. The second-order valence-corrected chi connectivity index (χ2v) is 9.84. The van der Waals surface area contributed by atoms with Crippen LogP contribution >= 0.6 is 0 Å². The zero-order chi connectivity index (χ0) is 21.2. The van der Waals surface area contributed by atoms with Crippen LogP contribution in [0.2, 0.25) is 0 Å². The largest absolute Gasteiger partial charge is 0.455 e. The number of aliphatic hydroxyl groups excluding tert-OH is 3. The van der Waals surface area contributed by atoms with Crippen LogP contribution in [0.15, 0.2) is 11.6 Å². The van der Waals surface area contributed by atoms with Crippen LogP contribution in [0.1, 0.15) is 52.4 Å². The van der Waals surface area contributed by atoms with E-state index in [2.05, 4.69) is 18.9 Å². The molecule has 0 aliphatic heterocycles. The number of hydrogen-bond acceptors (Lipinski definition) is 6. The van der Waals surface area contributed by atoms with Crippen molar-refractivity contribution in [2.24, 2.45) is 28.6 Å². The van der Waals surface area contributed by atoms with E-state index in [1.165, 1.54) is 6.92 Å². The van der Waals surface area contributed by atoms with Crippen molar-refractivity contribution in [3.63, 3.8) is 0 Å². The zero-order valence-electron chi connectivity index (χ0n) is 17.2. The molecule has 6 heteroatoms. The van der Waals surface area contributed by atoms with Gasteiger partial charge in [-0.2, -0.15) is 0 Å². The smallest absolute Gasteiger partial charge is 0.303 e. The lowest BCUT2D eigenvalue weighted by atomic mass is 9.46. The summed E-state index contributed by atoms with van der Waals surface area (Å²) in [6.07, 6.45) is 9.08. The molecule has 4 aliphatic rings. The molecule has 160 valence electrons. The summed E-state index contributed by atoms with van der Waals surface area (Å²) in [7, 11) is 0. The van der Waals surface area contributed by atoms with Crippen molar-refractivity contribution in [2.45, 2.75) is 76.3 Å². The van der Waals surface area contributed by atoms with Crippen LogP contribution in [0.5, 0.6) is 0 Å². The van der Waals surface area contributed by atoms with Crippen molar-refractivity contribution in [3.05, 3.63) is 11.6 Å². The van der Waals surface area contributed by atoms with Crippen molar-refractivity contribution < 1.29 is 30.0 Å². The minimum Gasteiger partial charge on any atom is -0.455 e. The van der Waals surface area contributed by atoms with Crippen molar-refractivity contribution in [1.29, 1.82) is 0 Å². The average Bonchev–Trinajstić information content (AvgIpc) is 2.92. The summed E-state index contributed by atoms with van der Waals surface area (Å²) in [4.78, 5) is 11.6. The van der Waals surface area contributed by atoms with E-state index in [4.69, 9.17) is 11.2 Å². The fraction of sp³-hybridized carbons (Fsp3) is 0.783. The maximum atomic E-state index is 11.6. The number of rotatable bonds is 2. The average molecular weight is 405 g/mol. The molecule has 0 spiro atoms. The van der Waals surface area contributed by atoms with E-state index >= 15 is 0 Å². The Morgan fingerprint density at radius 1 is 1.31 bits per heavy atom. The van der Waals surface area contributed by atoms with Crippen molar-refractivity contribution >= 4 is 5.97 Å². The Labute approximate surface area is 172 Å². The van der Waals surface area contributed by atoms with Gasteiger partial charge >= 0.3 is 5.97 Å². The number of carbonyl (C=O) groups is 1. The Morgan fingerprint density at radius 2 is 2.03 bits per heavy atom. The number of hydrogen-bond donors (Lipinski definition) is 4. The van der Waals surface area contributed by atoms with E-state index in [1.807, 2.05) is 0 Å². The fourth-order valence-electron chi connectivity index (χ4n) is 7.40. The first kappa shape index (κ1) is 20.9. The van der Waals surface area contributed by atoms with Gasteiger partial charge in [0, 0.05) is 12.3 Å². The molecule has 4 rings (SSSR count). The quantitative estimate of drug-likeness (QED) is 0.313. The Hall–Kier alpha value is -1.39. The Morgan fingerprint density at radius 3 is 2.66 bits per heavy atom. The van der Waals surface area contributed by atoms with E-state index in [0.717, 1.165) is 18.4 Å². The second-order valence-electron chi connectivity index (χ2n) is 9.84. The van der Waals surface area contributed by atoms with E-state index in [0.29, 0.717) is 25.7 Å². The minimum absolute atomic E-state index is 0.0871. The van der Waals surface area contributed by atoms with Gasteiger partial charge in [-0.1, -0.05) is 18.9 Å². The van der Waals surface area contributed by atoms with Gasteiger partial charge in [-0.15, -0.1) is 6.42 Å². The highest BCUT2D eigenvalue weighted by Gasteiger charge is 2.69. The number of terminal acetylenes is 1. The van der Waals surface area contributed by atoms with Crippen molar-refractivity contribution in [2.75, 3.05) is 6.61 Å². The molecule has 6 nitrogen and oxygen atoms in total. The molecule has 0 bridgehead atoms. The van der Waals surface area contributed by atoms with Crippen LogP contribution in [-0.4, -0.2) is 56.9 Å². The fourth-order valence-corrected chi connectivity index (χ4v) is 7.40. The summed E-state index contributed by atoms with van der Waals surface area (Å²) in [6.45, 7) is 3.30. The molecule has 0 aromatic rings. The Kier molecular flexibility index (Phi) is 4.90. The number of allylic oxidation sites excluding steroid dienone is 1. The number of esters is 1. The molecule has 4 N–H and O–H groups in total. The van der Waals surface area contributed by atoms with Crippen LogP contribution in [0.25, 0.3) is 0 Å². The van der Waals surface area contributed by atoms with Gasteiger partial charge in [0.1, 0.15) is 6.10 Å². The van der Waals surface area contributed by atoms with Crippen LogP contribution < -0.4 is 0 Å². The molecule has 3 fully saturated rings. The molecule has 4 aliphatic carbocycles. The van der Waals surface area contributed by atoms with Gasteiger partial charge in [-0.05, 0) is 67.3 Å². The van der Waals surface area contributed by atoms with Gasteiger partial charge in [0.05, 0.1) is 18.8 Å². The molecule has 9 atom stereocenters. The lowest BCUT2D eigenvalue weighted by Gasteiger charge is -2.59. The monoisotopic (exact) mass is 404 g/mol. The lowest BCUT2D eigenvalue weighted by Crippen LogP contribution is -2.59. The third-order valence-corrected chi connectivity index (χ3v) is 8.86. The van der Waals surface area contributed by atoms with Crippen molar-refractivity contribution in [1.82, 2.24) is 0 Å². The highest BCUT2D eigenvalue weighted by Crippen LogP contribution is 2.67. The highest BCUT2D eigenvalue weighted by molar-refractivity contribution is 5.66. The topological polar surface area (TPSA) is 107 Å². The van der Waals surface area contributed by atoms with Crippen LogP contribution in [-0.2, 0) is 9.53 Å². The summed E-state index contributed by atoms with van der Waals surface area (Å²) < 4.78 is 5.51. The first-order valence-corrected chi connectivity index (χ1v) is 10.7. The number of carbonyl (C=O) groups excluding carboxylic acids is 1. The van der Waals surface area contributed by atoms with Crippen LogP contribution in [0.4, 0.5) is 0 Å². The SMILES string of the molecule is C#C[C@]1(O)[C@H](O)C[C@H]2[C@@H]3CC=C4[C@@H](OC(C)=O)[C@H](O)CC[C@]4(C)[C@H]3CC[C@@]21CO. The highest BCUT2D eigenvalue weighted by atomic mass is 16.6. The molecule has 3 saturated carbocycles. The zero-order valence-corrected chi connectivity index (χ0v) is 17.2. The van der Waals surface area contributed by atoms with Gasteiger partial charge in [-0.25, -0.2) is 0 Å². The predicted octanol–water partition coefficient (Wildman–Crippen LogP) is 1.16. The van der Waals surface area contributed by atoms with Gasteiger partial charge in [0.15, 0.2) is 5.60 Å². The molecule has 0 radical (unpaired) electrons. The molecular weight excluding hydrogens is 372 g/mol. The molecule has 0 amide bonds. The molecule has 0 aromatic carbocycles. The first-order chi connectivity index (χ1) is 13.6. The Balaban J connectivity index is 1.73. The lowest BCUT2D eigenvalue weighted by molar-refractivity contribution is -0.161. The number of aliphatic hydroxyl groups is 4. The maximum Gasteiger partial charge on any atom is 0.303 e. The molecular formula is C23H32O6. The van der Waals surface area contributed by atoms with Crippen LogP contribution in [0.3, 0.4) is 0 Å². The maximum absolute atomic E-state index is 11.6. The van der Waals surface area contributed by atoms with E-state index < -0.39 is 35.3 Å². The Bertz CT molecular complexity index is 770. The molecule has 0 heterocycles. The summed E-state index contributed by atoms with van der Waals surface area (Å²) >= 11 is 0. The van der Waals surface area contributed by atoms with Gasteiger partial charge < -0.3 is 25.2 Å². The molecule has 29 heavy (non-hydrogen) atoms. The van der Waals surface area contributed by atoms with Crippen LogP contribution in [0, 0.1) is 40.9 Å². The summed E-state index contributed by atoms with van der Waals surface area (Å²) in [6, 6.07) is 0. The second kappa shape index (κ2) is 6.81. The molecule has 0 aromatic heterocycles. The third-order valence-electron chi connectivity index (χ3n) is 8.86.